The molecule has 216 valence electrons. The number of fused-ring (bicyclic) bond motifs is 2. The Hall–Kier alpha value is -2.58. The molecule has 2 fully saturated rings. The Bertz CT molecular complexity index is 1240. The van der Waals surface area contributed by atoms with Gasteiger partial charge in [-0.2, -0.15) is 0 Å². The zero-order valence-corrected chi connectivity index (χ0v) is 25.2. The van der Waals surface area contributed by atoms with Crippen molar-refractivity contribution >= 4 is 29.5 Å². The Morgan fingerprint density at radius 2 is 1.73 bits per heavy atom. The first kappa shape index (κ1) is 28.9. The van der Waals surface area contributed by atoms with Gasteiger partial charge in [-0.1, -0.05) is 75.4 Å². The maximum atomic E-state index is 14.9. The van der Waals surface area contributed by atoms with Gasteiger partial charge in [-0.25, -0.2) is 0 Å². The second-order valence-corrected chi connectivity index (χ2v) is 15.4. The second-order valence-electron chi connectivity index (χ2n) is 13.6. The van der Waals surface area contributed by atoms with Gasteiger partial charge in [0.25, 0.3) is 0 Å². The SMILES string of the molecule is CC(C)(C)CC(C)(C)N1CC=C[C@]23S[C@@]4(C)C=CCCOC(=O)[C@H]4[C@H]2C(=O)N([C@H](CO)c2ccccc2)C3C1=O. The van der Waals surface area contributed by atoms with Crippen LogP contribution in [0.25, 0.3) is 0 Å². The minimum atomic E-state index is -0.990. The predicted molar refractivity (Wildman–Crippen MR) is 156 cm³/mol. The highest BCUT2D eigenvalue weighted by Crippen LogP contribution is 2.66. The highest BCUT2D eigenvalue weighted by atomic mass is 32.2. The highest BCUT2D eigenvalue weighted by Gasteiger charge is 2.75. The van der Waals surface area contributed by atoms with E-state index in [1.54, 1.807) is 4.90 Å². The lowest BCUT2D eigenvalue weighted by molar-refractivity contribution is -0.155. The van der Waals surface area contributed by atoms with Crippen LogP contribution in [0.2, 0.25) is 0 Å². The number of likely N-dealkylation sites (tertiary alicyclic amines) is 1. The Labute approximate surface area is 242 Å². The van der Waals surface area contributed by atoms with Gasteiger partial charge in [-0.3, -0.25) is 14.4 Å². The number of hydrogen-bond acceptors (Lipinski definition) is 6. The van der Waals surface area contributed by atoms with E-state index in [9.17, 15) is 19.5 Å². The molecule has 5 rings (SSSR count). The van der Waals surface area contributed by atoms with E-state index in [1.807, 2.05) is 66.5 Å². The van der Waals surface area contributed by atoms with Gasteiger partial charge in [0.1, 0.15) is 6.04 Å². The van der Waals surface area contributed by atoms with Crippen molar-refractivity contribution in [2.24, 2.45) is 17.3 Å². The van der Waals surface area contributed by atoms with Crippen LogP contribution in [0, 0.1) is 17.3 Å². The molecule has 1 aromatic carbocycles. The van der Waals surface area contributed by atoms with Gasteiger partial charge in [-0.15, -0.1) is 11.8 Å². The maximum Gasteiger partial charge on any atom is 0.311 e. The third kappa shape index (κ3) is 4.61. The Morgan fingerprint density at radius 3 is 2.38 bits per heavy atom. The lowest BCUT2D eigenvalue weighted by atomic mass is 9.74. The van der Waals surface area contributed by atoms with Crippen molar-refractivity contribution in [2.75, 3.05) is 19.8 Å². The molecule has 2 amide bonds. The molecule has 1 N–H and O–H groups in total. The molecule has 6 atom stereocenters. The number of carbonyl (C=O) groups excluding carboxylic acids is 3. The number of esters is 1. The van der Waals surface area contributed by atoms with Crippen LogP contribution in [0.4, 0.5) is 0 Å². The van der Waals surface area contributed by atoms with Crippen LogP contribution in [0.3, 0.4) is 0 Å². The molecule has 0 saturated carbocycles. The number of hydrogen-bond donors (Lipinski definition) is 1. The minimum Gasteiger partial charge on any atom is -0.465 e. The monoisotopic (exact) mass is 566 g/mol. The molecule has 1 spiro atoms. The number of rotatable bonds is 5. The van der Waals surface area contributed by atoms with Crippen molar-refractivity contribution in [3.05, 3.63) is 60.2 Å². The third-order valence-corrected chi connectivity index (χ3v) is 10.6. The predicted octanol–water partition coefficient (Wildman–Crippen LogP) is 4.52. The molecule has 4 aliphatic heterocycles. The number of thioether (sulfide) groups is 1. The fourth-order valence-electron chi connectivity index (χ4n) is 7.73. The number of aliphatic hydroxyl groups is 1. The zero-order chi connectivity index (χ0) is 29.1. The van der Waals surface area contributed by atoms with Crippen molar-refractivity contribution < 1.29 is 24.2 Å². The topological polar surface area (TPSA) is 87.2 Å². The maximum absolute atomic E-state index is 14.9. The van der Waals surface area contributed by atoms with Crippen LogP contribution in [0.15, 0.2) is 54.6 Å². The summed E-state index contributed by atoms with van der Waals surface area (Å²) in [6.07, 6.45) is 9.46. The van der Waals surface area contributed by atoms with Gasteiger partial charge in [-0.05, 0) is 44.6 Å². The van der Waals surface area contributed by atoms with E-state index in [0.717, 1.165) is 12.0 Å². The van der Waals surface area contributed by atoms with E-state index < -0.39 is 44.9 Å². The van der Waals surface area contributed by atoms with E-state index in [-0.39, 0.29) is 30.4 Å². The fraction of sp³-hybridized carbons (Fsp3) is 0.594. The van der Waals surface area contributed by atoms with Crippen LogP contribution in [0.1, 0.15) is 66.0 Å². The van der Waals surface area contributed by atoms with Crippen molar-refractivity contribution in [3.63, 3.8) is 0 Å². The van der Waals surface area contributed by atoms with Crippen LogP contribution in [0.5, 0.6) is 0 Å². The quantitative estimate of drug-likeness (QED) is 0.417. The Balaban J connectivity index is 1.70. The summed E-state index contributed by atoms with van der Waals surface area (Å²) in [6.45, 7) is 13.0. The molecule has 0 radical (unpaired) electrons. The number of cyclic esters (lactones) is 1. The molecule has 1 aromatic rings. The molecule has 2 saturated heterocycles. The van der Waals surface area contributed by atoms with Gasteiger partial charge in [0.15, 0.2) is 0 Å². The molecule has 0 aliphatic carbocycles. The van der Waals surface area contributed by atoms with Gasteiger partial charge in [0, 0.05) is 16.8 Å². The zero-order valence-electron chi connectivity index (χ0n) is 24.4. The summed E-state index contributed by atoms with van der Waals surface area (Å²) in [4.78, 5) is 46.6. The second kappa shape index (κ2) is 10.1. The Kier molecular flexibility index (Phi) is 7.27. The minimum absolute atomic E-state index is 0.0293. The average Bonchev–Trinajstić information content (AvgIpc) is 3.17. The molecule has 8 heteroatoms. The summed E-state index contributed by atoms with van der Waals surface area (Å²) in [7, 11) is 0. The summed E-state index contributed by atoms with van der Waals surface area (Å²) >= 11 is 1.53. The van der Waals surface area contributed by atoms with E-state index >= 15 is 0 Å². The van der Waals surface area contributed by atoms with Crippen molar-refractivity contribution in [3.8, 4) is 0 Å². The number of nitrogens with zero attached hydrogens (tertiary/aromatic N) is 2. The fourth-order valence-corrected chi connectivity index (χ4v) is 9.87. The Morgan fingerprint density at radius 1 is 1.02 bits per heavy atom. The molecular weight excluding hydrogens is 524 g/mol. The first-order chi connectivity index (χ1) is 18.8. The number of benzene rings is 1. The number of aliphatic hydroxyl groups excluding tert-OH is 1. The third-order valence-electron chi connectivity index (χ3n) is 8.84. The molecule has 4 heterocycles. The lowest BCUT2D eigenvalue weighted by Gasteiger charge is -2.45. The summed E-state index contributed by atoms with van der Waals surface area (Å²) in [5.74, 6) is -2.38. The molecule has 0 aromatic heterocycles. The van der Waals surface area contributed by atoms with E-state index in [4.69, 9.17) is 4.74 Å². The molecule has 4 aliphatic rings. The van der Waals surface area contributed by atoms with E-state index in [0.29, 0.717) is 13.0 Å². The van der Waals surface area contributed by atoms with Gasteiger partial charge in [0.2, 0.25) is 11.8 Å². The smallest absolute Gasteiger partial charge is 0.311 e. The first-order valence-corrected chi connectivity index (χ1v) is 15.1. The van der Waals surface area contributed by atoms with Crippen LogP contribution < -0.4 is 0 Å². The van der Waals surface area contributed by atoms with Crippen LogP contribution in [-0.4, -0.2) is 73.5 Å². The van der Waals surface area contributed by atoms with Crippen molar-refractivity contribution in [1.82, 2.24) is 9.80 Å². The number of carbonyl (C=O) groups is 3. The normalized spacial score (nSPS) is 33.1. The molecule has 40 heavy (non-hydrogen) atoms. The summed E-state index contributed by atoms with van der Waals surface area (Å²) in [6, 6.07) is 7.74. The summed E-state index contributed by atoms with van der Waals surface area (Å²) in [5, 5.41) is 10.7. The van der Waals surface area contributed by atoms with E-state index in [2.05, 4.69) is 34.6 Å². The first-order valence-electron chi connectivity index (χ1n) is 14.3. The largest absolute Gasteiger partial charge is 0.465 e. The average molecular weight is 567 g/mol. The van der Waals surface area contributed by atoms with Crippen LogP contribution in [-0.2, 0) is 19.1 Å². The molecular formula is C32H42N2O5S. The molecule has 1 unspecified atom stereocenters. The van der Waals surface area contributed by atoms with E-state index in [1.165, 1.54) is 11.8 Å². The van der Waals surface area contributed by atoms with Crippen LogP contribution >= 0.6 is 11.8 Å². The molecule has 7 nitrogen and oxygen atoms in total. The number of amides is 2. The van der Waals surface area contributed by atoms with Gasteiger partial charge in [0.05, 0.1) is 35.8 Å². The summed E-state index contributed by atoms with van der Waals surface area (Å²) < 4.78 is 3.94. The van der Waals surface area contributed by atoms with Gasteiger partial charge < -0.3 is 19.6 Å². The molecule has 0 bridgehead atoms. The lowest BCUT2D eigenvalue weighted by Crippen LogP contribution is -2.59. The highest BCUT2D eigenvalue weighted by molar-refractivity contribution is 8.02. The standard InChI is InChI=1S/C32H42N2O5S/c1-29(2,3)20-30(4,5)33-17-12-16-32-23(24-28(38)39-18-11-10-15-31(24,6)40-32)26(36)34(25(32)27(33)37)22(19-35)21-13-8-7-9-14-21/h7-10,12-16,22-25,35H,11,17-20H2,1-6H3/t22-,23+,24-,25?,31+,32+/m1/s1. The van der Waals surface area contributed by atoms with Crippen molar-refractivity contribution in [1.29, 1.82) is 0 Å². The van der Waals surface area contributed by atoms with Gasteiger partial charge >= 0.3 is 5.97 Å². The summed E-state index contributed by atoms with van der Waals surface area (Å²) in [5.41, 5.74) is 0.231. The number of ether oxygens (including phenoxy) is 1. The van der Waals surface area contributed by atoms with Crippen molar-refractivity contribution in [2.45, 2.75) is 81.5 Å².